The van der Waals surface area contributed by atoms with E-state index in [2.05, 4.69) is 10.6 Å². The summed E-state index contributed by atoms with van der Waals surface area (Å²) in [6.45, 7) is 1.92. The number of carbonyl (C=O) groups is 2. The number of para-hydroxylation sites is 1. The molecule has 0 radical (unpaired) electrons. The van der Waals surface area contributed by atoms with Gasteiger partial charge in [0, 0.05) is 0 Å². The molecule has 23 heavy (non-hydrogen) atoms. The van der Waals surface area contributed by atoms with Crippen molar-refractivity contribution < 1.29 is 14.0 Å². The molecule has 0 aromatic heterocycles. The largest absolute Gasteiger partial charge is 0.374 e. The summed E-state index contributed by atoms with van der Waals surface area (Å²) in [4.78, 5) is 25.7. The Kier molecular flexibility index (Phi) is 3.97. The molecule has 0 unspecified atom stereocenters. The number of halogens is 1. The van der Waals surface area contributed by atoms with Crippen LogP contribution in [0.3, 0.4) is 0 Å². The highest BCUT2D eigenvalue weighted by Gasteiger charge is 2.26. The summed E-state index contributed by atoms with van der Waals surface area (Å²) in [6.07, 6.45) is 0. The lowest BCUT2D eigenvalue weighted by atomic mass is 10.1. The van der Waals surface area contributed by atoms with Crippen molar-refractivity contribution in [3.63, 3.8) is 0 Å². The molecule has 0 spiro atoms. The highest BCUT2D eigenvalue weighted by Crippen LogP contribution is 2.30. The van der Waals surface area contributed by atoms with E-state index < -0.39 is 11.7 Å². The number of carbonyl (C=O) groups excluding carboxylic acids is 2. The van der Waals surface area contributed by atoms with Crippen molar-refractivity contribution in [2.75, 3.05) is 28.6 Å². The Morgan fingerprint density at radius 3 is 2.87 bits per heavy atom. The molecule has 6 heteroatoms. The summed E-state index contributed by atoms with van der Waals surface area (Å²) in [5, 5.41) is 5.52. The van der Waals surface area contributed by atoms with Crippen LogP contribution in [0, 0.1) is 12.7 Å². The number of rotatable bonds is 3. The molecular weight excluding hydrogens is 297 g/mol. The number of anilines is 3. The quantitative estimate of drug-likeness (QED) is 0.915. The fraction of sp³-hybridized carbons (Fsp3) is 0.176. The van der Waals surface area contributed by atoms with Crippen molar-refractivity contribution in [3.05, 3.63) is 53.8 Å². The van der Waals surface area contributed by atoms with Gasteiger partial charge >= 0.3 is 0 Å². The molecule has 3 rings (SSSR count). The Hall–Kier alpha value is -2.89. The van der Waals surface area contributed by atoms with Crippen LogP contribution >= 0.6 is 0 Å². The first-order chi connectivity index (χ1) is 11.0. The number of fused-ring (bicyclic) bond motifs is 1. The summed E-state index contributed by atoms with van der Waals surface area (Å²) >= 11 is 0. The number of nitrogens with one attached hydrogen (secondary N) is 2. The lowest BCUT2D eigenvalue weighted by molar-refractivity contribution is -0.120. The highest BCUT2D eigenvalue weighted by molar-refractivity contribution is 6.07. The van der Waals surface area contributed by atoms with E-state index in [1.807, 2.05) is 19.1 Å². The third-order valence-electron chi connectivity index (χ3n) is 3.62. The van der Waals surface area contributed by atoms with Gasteiger partial charge in [-0.05, 0) is 36.8 Å². The van der Waals surface area contributed by atoms with Crippen LogP contribution in [0.15, 0.2) is 42.5 Å². The monoisotopic (exact) mass is 313 g/mol. The van der Waals surface area contributed by atoms with Gasteiger partial charge in [0.1, 0.15) is 12.4 Å². The van der Waals surface area contributed by atoms with Gasteiger partial charge in [0.2, 0.25) is 11.8 Å². The first-order valence-electron chi connectivity index (χ1n) is 7.24. The Bertz CT molecular complexity index is 776. The van der Waals surface area contributed by atoms with Crippen LogP contribution in [0.1, 0.15) is 5.56 Å². The van der Waals surface area contributed by atoms with Gasteiger partial charge in [-0.2, -0.15) is 0 Å². The number of aryl methyl sites for hydroxylation is 1. The SMILES string of the molecule is Cc1ccc2c(c1)NCC(=O)N2CC(=O)Nc1ccccc1F. The van der Waals surface area contributed by atoms with Crippen molar-refractivity contribution in [1.29, 1.82) is 0 Å². The first kappa shape index (κ1) is 15.0. The fourth-order valence-electron chi connectivity index (χ4n) is 2.50. The van der Waals surface area contributed by atoms with E-state index in [0.29, 0.717) is 5.69 Å². The molecule has 118 valence electrons. The van der Waals surface area contributed by atoms with Crippen LogP contribution in [0.2, 0.25) is 0 Å². The lowest BCUT2D eigenvalue weighted by Crippen LogP contribution is -2.44. The van der Waals surface area contributed by atoms with E-state index in [9.17, 15) is 14.0 Å². The number of nitrogens with zero attached hydrogens (tertiary/aromatic N) is 1. The maximum atomic E-state index is 13.6. The molecule has 5 nitrogen and oxygen atoms in total. The number of hydrogen-bond acceptors (Lipinski definition) is 3. The van der Waals surface area contributed by atoms with Crippen molar-refractivity contribution in [3.8, 4) is 0 Å². The van der Waals surface area contributed by atoms with Crippen LogP contribution in [0.5, 0.6) is 0 Å². The fourth-order valence-corrected chi connectivity index (χ4v) is 2.50. The van der Waals surface area contributed by atoms with Gasteiger partial charge in [0.25, 0.3) is 0 Å². The Morgan fingerprint density at radius 1 is 1.30 bits per heavy atom. The first-order valence-corrected chi connectivity index (χ1v) is 7.24. The second kappa shape index (κ2) is 6.08. The molecule has 1 aliphatic rings. The van der Waals surface area contributed by atoms with Gasteiger partial charge in [-0.1, -0.05) is 18.2 Å². The zero-order valence-electron chi connectivity index (χ0n) is 12.6. The van der Waals surface area contributed by atoms with E-state index in [0.717, 1.165) is 11.3 Å². The molecule has 0 saturated heterocycles. The maximum Gasteiger partial charge on any atom is 0.246 e. The Labute approximate surface area is 133 Å². The van der Waals surface area contributed by atoms with E-state index in [-0.39, 0.29) is 24.7 Å². The average molecular weight is 313 g/mol. The zero-order valence-corrected chi connectivity index (χ0v) is 12.6. The number of benzene rings is 2. The summed E-state index contributed by atoms with van der Waals surface area (Å²) in [7, 11) is 0. The molecule has 0 aliphatic carbocycles. The normalized spacial score (nSPS) is 13.3. The summed E-state index contributed by atoms with van der Waals surface area (Å²) in [6, 6.07) is 11.5. The van der Waals surface area contributed by atoms with Gasteiger partial charge in [-0.25, -0.2) is 4.39 Å². The highest BCUT2D eigenvalue weighted by atomic mass is 19.1. The smallest absolute Gasteiger partial charge is 0.246 e. The van der Waals surface area contributed by atoms with E-state index in [1.165, 1.54) is 17.0 Å². The lowest BCUT2D eigenvalue weighted by Gasteiger charge is -2.30. The van der Waals surface area contributed by atoms with Gasteiger partial charge < -0.3 is 10.6 Å². The summed E-state index contributed by atoms with van der Waals surface area (Å²) < 4.78 is 13.6. The predicted octanol–water partition coefficient (Wildman–Crippen LogP) is 2.53. The standard InChI is InChI=1S/C17H16FN3O2/c1-11-6-7-15-14(8-11)19-9-17(23)21(15)10-16(22)20-13-5-3-2-4-12(13)18/h2-8,19H,9-10H2,1H3,(H,20,22). The molecule has 0 saturated carbocycles. The Balaban J connectivity index is 1.78. The molecule has 0 fully saturated rings. The van der Waals surface area contributed by atoms with Gasteiger partial charge in [0.05, 0.1) is 23.6 Å². The van der Waals surface area contributed by atoms with Crippen LogP contribution in [0.25, 0.3) is 0 Å². The summed E-state index contributed by atoms with van der Waals surface area (Å²) in [5.41, 5.74) is 2.62. The van der Waals surface area contributed by atoms with Crippen molar-refractivity contribution in [1.82, 2.24) is 0 Å². The second-order valence-corrected chi connectivity index (χ2v) is 5.38. The molecule has 0 atom stereocenters. The molecule has 1 heterocycles. The molecule has 2 aromatic rings. The predicted molar refractivity (Wildman–Crippen MR) is 87.1 cm³/mol. The third kappa shape index (κ3) is 3.15. The van der Waals surface area contributed by atoms with Crippen LogP contribution in [-0.2, 0) is 9.59 Å². The van der Waals surface area contributed by atoms with Gasteiger partial charge in [0.15, 0.2) is 0 Å². The molecule has 2 aromatic carbocycles. The van der Waals surface area contributed by atoms with Crippen molar-refractivity contribution in [2.24, 2.45) is 0 Å². The summed E-state index contributed by atoms with van der Waals surface area (Å²) in [5.74, 6) is -1.16. The molecule has 2 N–H and O–H groups in total. The third-order valence-corrected chi connectivity index (χ3v) is 3.62. The minimum Gasteiger partial charge on any atom is -0.374 e. The number of hydrogen-bond donors (Lipinski definition) is 2. The second-order valence-electron chi connectivity index (χ2n) is 5.38. The van der Waals surface area contributed by atoms with E-state index >= 15 is 0 Å². The molecule has 0 bridgehead atoms. The van der Waals surface area contributed by atoms with E-state index in [4.69, 9.17) is 0 Å². The van der Waals surface area contributed by atoms with Crippen LogP contribution in [0.4, 0.5) is 21.5 Å². The minimum absolute atomic E-state index is 0.101. The van der Waals surface area contributed by atoms with Crippen LogP contribution < -0.4 is 15.5 Å². The van der Waals surface area contributed by atoms with Gasteiger partial charge in [-0.15, -0.1) is 0 Å². The Morgan fingerprint density at radius 2 is 2.09 bits per heavy atom. The maximum absolute atomic E-state index is 13.6. The van der Waals surface area contributed by atoms with Crippen molar-refractivity contribution >= 4 is 28.9 Å². The van der Waals surface area contributed by atoms with Gasteiger partial charge in [-0.3, -0.25) is 14.5 Å². The van der Waals surface area contributed by atoms with Crippen LogP contribution in [-0.4, -0.2) is 24.9 Å². The zero-order chi connectivity index (χ0) is 16.4. The molecule has 1 aliphatic heterocycles. The topological polar surface area (TPSA) is 61.4 Å². The molecular formula is C17H16FN3O2. The van der Waals surface area contributed by atoms with Crippen molar-refractivity contribution in [2.45, 2.75) is 6.92 Å². The van der Waals surface area contributed by atoms with E-state index in [1.54, 1.807) is 18.2 Å². The molecule has 2 amide bonds. The number of amides is 2. The minimum atomic E-state index is -0.511. The average Bonchev–Trinajstić information content (AvgIpc) is 2.52.